The van der Waals surface area contributed by atoms with Crippen LogP contribution in [0.25, 0.3) is 0 Å². The fourth-order valence-corrected chi connectivity index (χ4v) is 3.02. The number of hydrogen-bond acceptors (Lipinski definition) is 3. The molecule has 0 fully saturated rings. The molecule has 0 saturated heterocycles. The summed E-state index contributed by atoms with van der Waals surface area (Å²) in [6, 6.07) is 10.1. The average molecular weight is 469 g/mol. The molecule has 1 aromatic heterocycles. The third-order valence-corrected chi connectivity index (χ3v) is 4.58. The normalized spacial score (nSPS) is 10.5. The number of hydrogen-bond donors (Lipinski definition) is 2. The number of aryl methyl sites for hydroxylation is 1. The summed E-state index contributed by atoms with van der Waals surface area (Å²) in [5, 5.41) is 8.79. The number of terminal acetylenes is 1. The molecular formula is C19H24IN3OS. The molecule has 6 heteroatoms. The number of rotatable bonds is 7. The Morgan fingerprint density at radius 2 is 2.00 bits per heavy atom. The molecule has 134 valence electrons. The molecule has 2 N–H and O–H groups in total. The van der Waals surface area contributed by atoms with Crippen LogP contribution in [0.4, 0.5) is 0 Å². The average Bonchev–Trinajstić information content (AvgIpc) is 3.02. The summed E-state index contributed by atoms with van der Waals surface area (Å²) in [7, 11) is 1.79. The molecule has 0 spiro atoms. The number of aliphatic imine (C=N–C) groups is 1. The van der Waals surface area contributed by atoms with E-state index >= 15 is 0 Å². The van der Waals surface area contributed by atoms with Gasteiger partial charge in [-0.3, -0.25) is 4.99 Å². The van der Waals surface area contributed by atoms with Gasteiger partial charge in [-0.2, -0.15) is 0 Å². The van der Waals surface area contributed by atoms with E-state index in [4.69, 9.17) is 11.2 Å². The van der Waals surface area contributed by atoms with Crippen LogP contribution in [-0.2, 0) is 13.0 Å². The van der Waals surface area contributed by atoms with Gasteiger partial charge in [0.15, 0.2) is 5.96 Å². The second-order valence-corrected chi connectivity index (χ2v) is 6.27. The van der Waals surface area contributed by atoms with Gasteiger partial charge in [0.2, 0.25) is 0 Å². The van der Waals surface area contributed by atoms with E-state index in [-0.39, 0.29) is 24.0 Å². The van der Waals surface area contributed by atoms with Gasteiger partial charge in [-0.25, -0.2) is 0 Å². The van der Waals surface area contributed by atoms with Crippen molar-refractivity contribution in [2.45, 2.75) is 19.9 Å². The van der Waals surface area contributed by atoms with Gasteiger partial charge in [-0.1, -0.05) is 18.1 Å². The van der Waals surface area contributed by atoms with Crippen molar-refractivity contribution in [2.24, 2.45) is 4.99 Å². The van der Waals surface area contributed by atoms with Gasteiger partial charge in [0, 0.05) is 18.5 Å². The molecule has 0 aliphatic heterocycles. The zero-order valence-corrected chi connectivity index (χ0v) is 17.7. The fraction of sp³-hybridized carbons (Fsp3) is 0.316. The first-order chi connectivity index (χ1) is 11.7. The Morgan fingerprint density at radius 1 is 1.24 bits per heavy atom. The van der Waals surface area contributed by atoms with Crippen LogP contribution < -0.4 is 15.4 Å². The molecule has 0 unspecified atom stereocenters. The molecular weight excluding hydrogens is 445 g/mol. The SMILES string of the molecule is C#CCOc1ccc(CCNC(=NC)NCc2sccc2C)cc1.I. The quantitative estimate of drug-likeness (QED) is 0.282. The zero-order chi connectivity index (χ0) is 17.2. The number of nitrogens with zero attached hydrogens (tertiary/aromatic N) is 1. The van der Waals surface area contributed by atoms with E-state index in [0.29, 0.717) is 6.61 Å². The second-order valence-electron chi connectivity index (χ2n) is 5.27. The largest absolute Gasteiger partial charge is 0.481 e. The van der Waals surface area contributed by atoms with E-state index in [1.54, 1.807) is 18.4 Å². The lowest BCUT2D eigenvalue weighted by atomic mass is 10.1. The monoisotopic (exact) mass is 469 g/mol. The van der Waals surface area contributed by atoms with E-state index in [2.05, 4.69) is 52.0 Å². The standard InChI is InChI=1S/C19H23N3OS.HI/c1-4-12-23-17-7-5-16(6-8-17)9-11-21-19(20-3)22-14-18-15(2)10-13-24-18;/h1,5-8,10,13H,9,11-12,14H2,2-3H3,(H2,20,21,22);1H. The first-order valence-electron chi connectivity index (χ1n) is 7.85. The van der Waals surface area contributed by atoms with Gasteiger partial charge in [-0.05, 0) is 48.1 Å². The van der Waals surface area contributed by atoms with Crippen molar-refractivity contribution >= 4 is 41.3 Å². The Hall–Kier alpha value is -1.72. The van der Waals surface area contributed by atoms with Crippen molar-refractivity contribution in [1.82, 2.24) is 10.6 Å². The minimum absolute atomic E-state index is 0. The number of benzene rings is 1. The minimum atomic E-state index is 0. The van der Waals surface area contributed by atoms with Gasteiger partial charge in [-0.15, -0.1) is 41.7 Å². The number of nitrogens with one attached hydrogen (secondary N) is 2. The van der Waals surface area contributed by atoms with Gasteiger partial charge in [0.05, 0.1) is 6.54 Å². The predicted octanol–water partition coefficient (Wildman–Crippen LogP) is 3.59. The zero-order valence-electron chi connectivity index (χ0n) is 14.5. The first-order valence-corrected chi connectivity index (χ1v) is 8.73. The van der Waals surface area contributed by atoms with Gasteiger partial charge < -0.3 is 15.4 Å². The van der Waals surface area contributed by atoms with Crippen molar-refractivity contribution in [3.63, 3.8) is 0 Å². The molecule has 0 amide bonds. The van der Waals surface area contributed by atoms with E-state index in [9.17, 15) is 0 Å². The van der Waals surface area contributed by atoms with Gasteiger partial charge in [0.25, 0.3) is 0 Å². The van der Waals surface area contributed by atoms with E-state index < -0.39 is 0 Å². The number of thiophene rings is 1. The highest BCUT2D eigenvalue weighted by Crippen LogP contribution is 2.14. The number of guanidine groups is 1. The van der Waals surface area contributed by atoms with Crippen LogP contribution in [-0.4, -0.2) is 26.2 Å². The van der Waals surface area contributed by atoms with Crippen LogP contribution in [0, 0.1) is 19.3 Å². The van der Waals surface area contributed by atoms with Crippen LogP contribution >= 0.6 is 35.3 Å². The second kappa shape index (κ2) is 11.8. The summed E-state index contributed by atoms with van der Waals surface area (Å²) >= 11 is 1.76. The maximum Gasteiger partial charge on any atom is 0.191 e. The maximum atomic E-state index is 5.37. The molecule has 2 aromatic rings. The Bertz CT molecular complexity index is 704. The highest BCUT2D eigenvalue weighted by atomic mass is 127. The van der Waals surface area contributed by atoms with Crippen molar-refractivity contribution in [2.75, 3.05) is 20.2 Å². The Kier molecular flexibility index (Phi) is 10.0. The highest BCUT2D eigenvalue weighted by molar-refractivity contribution is 14.0. The summed E-state index contributed by atoms with van der Waals surface area (Å²) in [5.41, 5.74) is 2.55. The minimum Gasteiger partial charge on any atom is -0.481 e. The Morgan fingerprint density at radius 3 is 2.60 bits per heavy atom. The van der Waals surface area contributed by atoms with E-state index in [0.717, 1.165) is 31.2 Å². The molecule has 0 radical (unpaired) electrons. The first kappa shape index (κ1) is 21.3. The molecule has 0 aliphatic carbocycles. The smallest absolute Gasteiger partial charge is 0.191 e. The van der Waals surface area contributed by atoms with Crippen LogP contribution in [0.5, 0.6) is 5.75 Å². The summed E-state index contributed by atoms with van der Waals surface area (Å²) in [5.74, 6) is 4.07. The van der Waals surface area contributed by atoms with E-state index in [1.165, 1.54) is 16.0 Å². The van der Waals surface area contributed by atoms with Crippen LogP contribution in [0.3, 0.4) is 0 Å². The van der Waals surface area contributed by atoms with Gasteiger partial charge >= 0.3 is 0 Å². The molecule has 0 bridgehead atoms. The Balaban J connectivity index is 0.00000312. The van der Waals surface area contributed by atoms with Crippen LogP contribution in [0.1, 0.15) is 16.0 Å². The van der Waals surface area contributed by atoms with E-state index in [1.807, 2.05) is 12.1 Å². The summed E-state index contributed by atoms with van der Waals surface area (Å²) in [6.45, 7) is 4.03. The third-order valence-electron chi connectivity index (χ3n) is 3.56. The molecule has 1 heterocycles. The molecule has 1 aromatic carbocycles. The molecule has 0 saturated carbocycles. The third kappa shape index (κ3) is 7.36. The molecule has 2 rings (SSSR count). The van der Waals surface area contributed by atoms with Gasteiger partial charge in [0.1, 0.15) is 12.4 Å². The lowest BCUT2D eigenvalue weighted by Crippen LogP contribution is -2.37. The fourth-order valence-electron chi connectivity index (χ4n) is 2.17. The summed E-state index contributed by atoms with van der Waals surface area (Å²) in [6.07, 6.45) is 6.09. The molecule has 0 aliphatic rings. The number of ether oxygens (including phenoxy) is 1. The van der Waals surface area contributed by atoms with Crippen LogP contribution in [0.15, 0.2) is 40.7 Å². The predicted molar refractivity (Wildman–Crippen MR) is 117 cm³/mol. The van der Waals surface area contributed by atoms with Crippen molar-refractivity contribution in [3.8, 4) is 18.1 Å². The Labute approximate surface area is 171 Å². The summed E-state index contributed by atoms with van der Waals surface area (Å²) in [4.78, 5) is 5.59. The lowest BCUT2D eigenvalue weighted by molar-refractivity contribution is 0.370. The van der Waals surface area contributed by atoms with Crippen molar-refractivity contribution < 1.29 is 4.74 Å². The molecule has 0 atom stereocenters. The van der Waals surface area contributed by atoms with Crippen LogP contribution in [0.2, 0.25) is 0 Å². The highest BCUT2D eigenvalue weighted by Gasteiger charge is 2.02. The number of halogens is 1. The lowest BCUT2D eigenvalue weighted by Gasteiger charge is -2.12. The van der Waals surface area contributed by atoms with Crippen molar-refractivity contribution in [1.29, 1.82) is 0 Å². The molecule has 4 nitrogen and oxygen atoms in total. The van der Waals surface area contributed by atoms with Crippen molar-refractivity contribution in [3.05, 3.63) is 51.7 Å². The molecule has 25 heavy (non-hydrogen) atoms. The summed E-state index contributed by atoms with van der Waals surface area (Å²) < 4.78 is 5.37. The topological polar surface area (TPSA) is 45.6 Å². The maximum absolute atomic E-state index is 5.37.